The fourth-order valence-corrected chi connectivity index (χ4v) is 4.10. The van der Waals surface area contributed by atoms with Gasteiger partial charge in [0.2, 0.25) is 5.88 Å². The summed E-state index contributed by atoms with van der Waals surface area (Å²) in [6.45, 7) is 8.56. The van der Waals surface area contributed by atoms with E-state index in [1.165, 1.54) is 22.0 Å². The van der Waals surface area contributed by atoms with Crippen LogP contribution in [0.1, 0.15) is 29.8 Å². The van der Waals surface area contributed by atoms with Crippen LogP contribution in [0.5, 0.6) is 5.88 Å². The summed E-state index contributed by atoms with van der Waals surface area (Å²) in [5, 5.41) is 15.9. The van der Waals surface area contributed by atoms with Crippen LogP contribution in [-0.2, 0) is 11.2 Å². The fourth-order valence-electron chi connectivity index (χ4n) is 4.10. The molecule has 0 radical (unpaired) electrons. The lowest BCUT2D eigenvalue weighted by molar-refractivity contribution is -0.255. The molecule has 1 aliphatic rings. The van der Waals surface area contributed by atoms with Gasteiger partial charge in [0, 0.05) is 19.6 Å². The third-order valence-corrected chi connectivity index (χ3v) is 5.76. The van der Waals surface area contributed by atoms with Crippen molar-refractivity contribution in [3.63, 3.8) is 0 Å². The summed E-state index contributed by atoms with van der Waals surface area (Å²) in [5.41, 5.74) is 4.30. The van der Waals surface area contributed by atoms with Gasteiger partial charge >= 0.3 is 0 Å². The van der Waals surface area contributed by atoms with Crippen LogP contribution in [0.4, 0.5) is 0 Å². The van der Waals surface area contributed by atoms with E-state index >= 15 is 0 Å². The van der Waals surface area contributed by atoms with E-state index in [-0.39, 0.29) is 11.4 Å². The molecule has 0 unspecified atom stereocenters. The number of ether oxygens (including phenoxy) is 2. The first-order chi connectivity index (χ1) is 16.0. The Hall–Kier alpha value is -3.16. The molecule has 2 aromatic carbocycles. The maximum absolute atomic E-state index is 11.6. The third-order valence-electron chi connectivity index (χ3n) is 5.76. The van der Waals surface area contributed by atoms with E-state index in [1.807, 2.05) is 30.3 Å². The van der Waals surface area contributed by atoms with Gasteiger partial charge in [0.25, 0.3) is 0 Å². The van der Waals surface area contributed by atoms with Crippen molar-refractivity contribution < 1.29 is 19.4 Å². The van der Waals surface area contributed by atoms with Gasteiger partial charge in [-0.05, 0) is 41.2 Å². The first-order valence-corrected chi connectivity index (χ1v) is 11.4. The van der Waals surface area contributed by atoms with Crippen molar-refractivity contribution in [1.29, 1.82) is 0 Å². The number of carbonyl (C=O) groups is 1. The lowest BCUT2D eigenvalue weighted by atomic mass is 9.94. The van der Waals surface area contributed by atoms with E-state index in [1.54, 1.807) is 0 Å². The Morgan fingerprint density at radius 2 is 1.85 bits per heavy atom. The maximum Gasteiger partial charge on any atom is 0.226 e. The number of aromatic nitrogens is 2. The van der Waals surface area contributed by atoms with E-state index in [0.29, 0.717) is 32.3 Å². The van der Waals surface area contributed by atoms with E-state index in [0.717, 1.165) is 30.8 Å². The topological polar surface area (TPSA) is 79.7 Å². The van der Waals surface area contributed by atoms with Gasteiger partial charge in [-0.3, -0.25) is 4.90 Å². The van der Waals surface area contributed by atoms with Crippen LogP contribution >= 0.6 is 0 Å². The molecule has 174 valence electrons. The van der Waals surface area contributed by atoms with Gasteiger partial charge in [-0.15, -0.1) is 0 Å². The number of aromatic carboxylic acids is 1. The highest BCUT2D eigenvalue weighted by atomic mass is 16.5. The molecular weight excluding hydrogens is 418 g/mol. The largest absolute Gasteiger partial charge is 0.545 e. The molecule has 0 spiro atoms. The zero-order valence-corrected chi connectivity index (χ0v) is 19.2. The summed E-state index contributed by atoms with van der Waals surface area (Å²) in [6.07, 6.45) is 2.29. The van der Waals surface area contributed by atoms with Crippen molar-refractivity contribution >= 4 is 5.97 Å². The van der Waals surface area contributed by atoms with Gasteiger partial charge in [0.05, 0.1) is 36.6 Å². The smallest absolute Gasteiger partial charge is 0.226 e. The number of carboxylic acids is 1. The first kappa shape index (κ1) is 23.0. The molecule has 1 aromatic heterocycles. The predicted molar refractivity (Wildman–Crippen MR) is 125 cm³/mol. The quantitative estimate of drug-likeness (QED) is 0.501. The summed E-state index contributed by atoms with van der Waals surface area (Å²) in [6, 6.07) is 16.4. The highest BCUT2D eigenvalue weighted by Gasteiger charge is 2.17. The number of hydrogen-bond acceptors (Lipinski definition) is 6. The average Bonchev–Trinajstić information content (AvgIpc) is 3.24. The number of rotatable bonds is 9. The molecule has 0 atom stereocenters. The van der Waals surface area contributed by atoms with Crippen molar-refractivity contribution in [2.24, 2.45) is 5.92 Å². The van der Waals surface area contributed by atoms with Crippen LogP contribution in [0.15, 0.2) is 54.7 Å². The molecule has 0 aliphatic carbocycles. The second kappa shape index (κ2) is 10.6. The second-order valence-corrected chi connectivity index (χ2v) is 8.67. The molecule has 1 saturated heterocycles. The summed E-state index contributed by atoms with van der Waals surface area (Å²) < 4.78 is 12.8. The Morgan fingerprint density at radius 3 is 2.55 bits per heavy atom. The normalized spacial score (nSPS) is 14.5. The maximum atomic E-state index is 11.6. The minimum Gasteiger partial charge on any atom is -0.545 e. The van der Waals surface area contributed by atoms with Crippen molar-refractivity contribution in [3.8, 4) is 22.7 Å². The summed E-state index contributed by atoms with van der Waals surface area (Å²) in [4.78, 5) is 13.9. The Morgan fingerprint density at radius 1 is 1.12 bits per heavy atom. The molecule has 4 rings (SSSR count). The Kier molecular flexibility index (Phi) is 7.42. The molecule has 7 nitrogen and oxygen atoms in total. The molecule has 0 bridgehead atoms. The number of morpholine rings is 1. The molecular formula is C26H30N3O4-. The highest BCUT2D eigenvalue weighted by Crippen LogP contribution is 2.28. The van der Waals surface area contributed by atoms with E-state index in [9.17, 15) is 9.90 Å². The lowest BCUT2D eigenvalue weighted by Gasteiger charge is -2.26. The number of carboxylic acid groups (broad SMARTS) is 1. The van der Waals surface area contributed by atoms with Crippen LogP contribution in [0.2, 0.25) is 0 Å². The van der Waals surface area contributed by atoms with Crippen molar-refractivity contribution in [1.82, 2.24) is 14.7 Å². The Bertz CT molecular complexity index is 1070. The van der Waals surface area contributed by atoms with Gasteiger partial charge in [-0.25, -0.2) is 4.68 Å². The van der Waals surface area contributed by atoms with E-state index in [2.05, 4.69) is 42.0 Å². The van der Waals surface area contributed by atoms with Gasteiger partial charge in [0.15, 0.2) is 0 Å². The van der Waals surface area contributed by atoms with Gasteiger partial charge in [0.1, 0.15) is 6.61 Å². The molecule has 1 aliphatic heterocycles. The molecule has 3 aromatic rings. The number of hydrogen-bond donors (Lipinski definition) is 0. The monoisotopic (exact) mass is 448 g/mol. The molecule has 1 fully saturated rings. The second-order valence-electron chi connectivity index (χ2n) is 8.67. The minimum atomic E-state index is -1.30. The zero-order chi connectivity index (χ0) is 23.2. The van der Waals surface area contributed by atoms with E-state index in [4.69, 9.17) is 9.47 Å². The molecule has 0 N–H and O–H groups in total. The molecule has 33 heavy (non-hydrogen) atoms. The summed E-state index contributed by atoms with van der Waals surface area (Å²) in [7, 11) is 0. The third kappa shape index (κ3) is 5.61. The zero-order valence-electron chi connectivity index (χ0n) is 19.2. The molecule has 0 saturated carbocycles. The van der Waals surface area contributed by atoms with Crippen LogP contribution in [0, 0.1) is 5.92 Å². The van der Waals surface area contributed by atoms with Crippen molar-refractivity contribution in [3.05, 3.63) is 65.9 Å². The Labute approximate surface area is 194 Å². The number of benzene rings is 2. The lowest BCUT2D eigenvalue weighted by Crippen LogP contribution is -2.38. The van der Waals surface area contributed by atoms with E-state index < -0.39 is 5.97 Å². The Balaban J connectivity index is 1.55. The fraction of sp³-hybridized carbons (Fsp3) is 0.385. The molecule has 7 heteroatoms. The van der Waals surface area contributed by atoms with Crippen molar-refractivity contribution in [2.45, 2.75) is 20.3 Å². The van der Waals surface area contributed by atoms with Gasteiger partial charge < -0.3 is 19.4 Å². The molecule has 2 heterocycles. The number of carbonyl (C=O) groups excluding carboxylic acids is 1. The van der Waals surface area contributed by atoms with Crippen LogP contribution in [0.3, 0.4) is 0 Å². The SMILES string of the molecule is CC(C)Cc1ccccc1-c1ccc(-n2ncc(C(=O)[O-])c2OCCN2CCOCC2)cc1. The van der Waals surface area contributed by atoms with Crippen LogP contribution < -0.4 is 9.84 Å². The predicted octanol–water partition coefficient (Wildman–Crippen LogP) is 2.81. The summed E-state index contributed by atoms with van der Waals surface area (Å²) in [5.74, 6) is -0.548. The first-order valence-electron chi connectivity index (χ1n) is 11.4. The van der Waals surface area contributed by atoms with Crippen LogP contribution in [-0.4, -0.2) is 60.1 Å². The average molecular weight is 449 g/mol. The minimum absolute atomic E-state index is 0.0525. The standard InChI is InChI=1S/C26H31N3O4/c1-19(2)17-21-5-3-4-6-23(21)20-7-9-22(10-8-20)29-25(24(18-27-29)26(30)31)33-16-13-28-11-14-32-15-12-28/h3-10,18-19H,11-17H2,1-2H3,(H,30,31)/p-1. The molecule has 0 amide bonds. The summed E-state index contributed by atoms with van der Waals surface area (Å²) >= 11 is 0. The van der Waals surface area contributed by atoms with Gasteiger partial charge in [-0.1, -0.05) is 50.2 Å². The van der Waals surface area contributed by atoms with Gasteiger partial charge in [-0.2, -0.15) is 5.10 Å². The van der Waals surface area contributed by atoms with Crippen LogP contribution in [0.25, 0.3) is 16.8 Å². The highest BCUT2D eigenvalue weighted by molar-refractivity contribution is 5.88. The van der Waals surface area contributed by atoms with Crippen molar-refractivity contribution in [2.75, 3.05) is 39.5 Å². The number of nitrogens with zero attached hydrogens (tertiary/aromatic N) is 3.